The molecule has 1 aliphatic carbocycles. The van der Waals surface area contributed by atoms with E-state index in [-0.39, 0.29) is 6.04 Å². The molecule has 0 bridgehead atoms. The van der Waals surface area contributed by atoms with E-state index >= 15 is 0 Å². The molecule has 9 heavy (non-hydrogen) atoms. The SMILES string of the molecule is C=C(N)C1CC1C(C)N. The van der Waals surface area contributed by atoms with Gasteiger partial charge in [0.05, 0.1) is 0 Å². The van der Waals surface area contributed by atoms with Crippen molar-refractivity contribution in [3.63, 3.8) is 0 Å². The van der Waals surface area contributed by atoms with Gasteiger partial charge >= 0.3 is 0 Å². The van der Waals surface area contributed by atoms with Crippen molar-refractivity contribution in [1.82, 2.24) is 0 Å². The minimum atomic E-state index is 0.287. The third-order valence-corrected chi connectivity index (χ3v) is 1.99. The molecule has 2 heteroatoms. The van der Waals surface area contributed by atoms with E-state index in [0.29, 0.717) is 11.8 Å². The Hall–Kier alpha value is -0.500. The summed E-state index contributed by atoms with van der Waals surface area (Å²) in [7, 11) is 0. The predicted molar refractivity (Wildman–Crippen MR) is 38.6 cm³/mol. The third-order valence-electron chi connectivity index (χ3n) is 1.99. The van der Waals surface area contributed by atoms with Crippen LogP contribution in [0.3, 0.4) is 0 Å². The summed E-state index contributed by atoms with van der Waals surface area (Å²) in [6.45, 7) is 5.69. The highest BCUT2D eigenvalue weighted by Gasteiger charge is 2.40. The summed E-state index contributed by atoms with van der Waals surface area (Å²) in [5, 5.41) is 0. The van der Waals surface area contributed by atoms with Gasteiger partial charge < -0.3 is 11.5 Å². The highest BCUT2D eigenvalue weighted by molar-refractivity contribution is 5.09. The average Bonchev–Trinajstić information content (AvgIpc) is 2.39. The quantitative estimate of drug-likeness (QED) is 0.564. The molecule has 2 nitrogen and oxygen atoms in total. The average molecular weight is 126 g/mol. The van der Waals surface area contributed by atoms with Gasteiger partial charge in [0.2, 0.25) is 0 Å². The first-order valence-electron chi connectivity index (χ1n) is 3.32. The van der Waals surface area contributed by atoms with Crippen molar-refractivity contribution in [2.45, 2.75) is 19.4 Å². The molecule has 3 unspecified atom stereocenters. The van der Waals surface area contributed by atoms with Crippen molar-refractivity contribution in [2.75, 3.05) is 0 Å². The Kier molecular flexibility index (Phi) is 1.49. The van der Waals surface area contributed by atoms with Crippen LogP contribution in [0, 0.1) is 11.8 Å². The second-order valence-electron chi connectivity index (χ2n) is 2.94. The molecule has 52 valence electrons. The Morgan fingerprint density at radius 3 is 2.44 bits per heavy atom. The maximum atomic E-state index is 5.63. The second kappa shape index (κ2) is 2.03. The van der Waals surface area contributed by atoms with Crippen LogP contribution in [-0.2, 0) is 0 Å². The van der Waals surface area contributed by atoms with E-state index in [0.717, 1.165) is 12.1 Å². The summed E-state index contributed by atoms with van der Waals surface area (Å²) in [4.78, 5) is 0. The number of nitrogens with two attached hydrogens (primary N) is 2. The largest absolute Gasteiger partial charge is 0.402 e. The minimum absolute atomic E-state index is 0.287. The van der Waals surface area contributed by atoms with Crippen LogP contribution in [-0.4, -0.2) is 6.04 Å². The van der Waals surface area contributed by atoms with Crippen LogP contribution in [0.4, 0.5) is 0 Å². The predicted octanol–water partition coefficient (Wildman–Crippen LogP) is 0.442. The lowest BCUT2D eigenvalue weighted by Crippen LogP contribution is -2.19. The van der Waals surface area contributed by atoms with Crippen LogP contribution >= 0.6 is 0 Å². The first kappa shape index (κ1) is 6.62. The normalized spacial score (nSPS) is 35.8. The summed E-state index contributed by atoms with van der Waals surface area (Å²) in [6, 6.07) is 0.287. The number of rotatable bonds is 2. The maximum Gasteiger partial charge on any atom is 0.00453 e. The van der Waals surface area contributed by atoms with Gasteiger partial charge in [-0.15, -0.1) is 0 Å². The van der Waals surface area contributed by atoms with Crippen molar-refractivity contribution in [2.24, 2.45) is 23.3 Å². The van der Waals surface area contributed by atoms with Crippen LogP contribution in [0.2, 0.25) is 0 Å². The van der Waals surface area contributed by atoms with Crippen molar-refractivity contribution in [1.29, 1.82) is 0 Å². The number of hydrogen-bond donors (Lipinski definition) is 2. The second-order valence-corrected chi connectivity index (χ2v) is 2.94. The first-order valence-corrected chi connectivity index (χ1v) is 3.32. The fourth-order valence-corrected chi connectivity index (χ4v) is 1.22. The zero-order valence-corrected chi connectivity index (χ0v) is 5.80. The topological polar surface area (TPSA) is 52.0 Å². The van der Waals surface area contributed by atoms with Crippen LogP contribution in [0.25, 0.3) is 0 Å². The Balaban J connectivity index is 2.33. The number of allylic oxidation sites excluding steroid dienone is 1. The van der Waals surface area contributed by atoms with E-state index in [1.807, 2.05) is 6.92 Å². The molecule has 0 saturated heterocycles. The van der Waals surface area contributed by atoms with Crippen molar-refractivity contribution >= 4 is 0 Å². The van der Waals surface area contributed by atoms with Gasteiger partial charge in [0.1, 0.15) is 0 Å². The van der Waals surface area contributed by atoms with Gasteiger partial charge in [0.25, 0.3) is 0 Å². The van der Waals surface area contributed by atoms with Crippen LogP contribution in [0.5, 0.6) is 0 Å². The molecule has 0 aliphatic heterocycles. The van der Waals surface area contributed by atoms with Crippen LogP contribution in [0.15, 0.2) is 12.3 Å². The Labute approximate surface area is 55.9 Å². The molecule has 0 spiro atoms. The van der Waals surface area contributed by atoms with Gasteiger partial charge in [-0.1, -0.05) is 6.58 Å². The smallest absolute Gasteiger partial charge is 0.00453 e. The van der Waals surface area contributed by atoms with Gasteiger partial charge in [-0.25, -0.2) is 0 Å². The van der Waals surface area contributed by atoms with Gasteiger partial charge in [-0.05, 0) is 19.3 Å². The number of hydrogen-bond acceptors (Lipinski definition) is 2. The standard InChI is InChI=1S/C7H14N2/c1-4(8)6-3-7(6)5(2)9/h5-7H,1,3,8-9H2,2H3. The third kappa shape index (κ3) is 1.24. The molecule has 1 saturated carbocycles. The molecule has 0 heterocycles. The molecule has 0 amide bonds. The minimum Gasteiger partial charge on any atom is -0.402 e. The summed E-state index contributed by atoms with van der Waals surface area (Å²) in [6.07, 6.45) is 1.15. The Morgan fingerprint density at radius 1 is 1.78 bits per heavy atom. The zero-order valence-electron chi connectivity index (χ0n) is 5.80. The highest BCUT2D eigenvalue weighted by Crippen LogP contribution is 2.43. The van der Waals surface area contributed by atoms with E-state index in [9.17, 15) is 0 Å². The molecular formula is C7H14N2. The molecule has 0 radical (unpaired) electrons. The molecule has 3 atom stereocenters. The van der Waals surface area contributed by atoms with Crippen molar-refractivity contribution < 1.29 is 0 Å². The lowest BCUT2D eigenvalue weighted by molar-refractivity contribution is 0.615. The van der Waals surface area contributed by atoms with E-state index in [4.69, 9.17) is 11.5 Å². The molecule has 0 aromatic rings. The van der Waals surface area contributed by atoms with Crippen LogP contribution < -0.4 is 11.5 Å². The summed E-state index contributed by atoms with van der Waals surface area (Å²) in [5.74, 6) is 1.13. The van der Waals surface area contributed by atoms with Gasteiger partial charge in [0, 0.05) is 17.7 Å². The van der Waals surface area contributed by atoms with E-state index in [2.05, 4.69) is 6.58 Å². The molecule has 4 N–H and O–H groups in total. The van der Waals surface area contributed by atoms with Crippen molar-refractivity contribution in [3.8, 4) is 0 Å². The molecule has 0 aromatic carbocycles. The molecule has 1 rings (SSSR count). The summed E-state index contributed by atoms with van der Waals surface area (Å²) in [5.41, 5.74) is 11.9. The van der Waals surface area contributed by atoms with Gasteiger partial charge in [-0.3, -0.25) is 0 Å². The van der Waals surface area contributed by atoms with Crippen molar-refractivity contribution in [3.05, 3.63) is 12.3 Å². The van der Waals surface area contributed by atoms with E-state index in [1.54, 1.807) is 0 Å². The Bertz CT molecular complexity index is 129. The molecule has 1 fully saturated rings. The summed E-state index contributed by atoms with van der Waals surface area (Å²) < 4.78 is 0. The molecule has 1 aliphatic rings. The van der Waals surface area contributed by atoms with Crippen LogP contribution in [0.1, 0.15) is 13.3 Å². The fourth-order valence-electron chi connectivity index (χ4n) is 1.22. The van der Waals surface area contributed by atoms with E-state index < -0.39 is 0 Å². The summed E-state index contributed by atoms with van der Waals surface area (Å²) >= 11 is 0. The van der Waals surface area contributed by atoms with Gasteiger partial charge in [-0.2, -0.15) is 0 Å². The maximum absolute atomic E-state index is 5.63. The lowest BCUT2D eigenvalue weighted by atomic mass is 10.2. The fraction of sp³-hybridized carbons (Fsp3) is 0.714. The van der Waals surface area contributed by atoms with Gasteiger partial charge in [0.15, 0.2) is 0 Å². The molecule has 0 aromatic heterocycles. The monoisotopic (exact) mass is 126 g/mol. The Morgan fingerprint density at radius 2 is 2.33 bits per heavy atom. The van der Waals surface area contributed by atoms with E-state index in [1.165, 1.54) is 0 Å². The lowest BCUT2D eigenvalue weighted by Gasteiger charge is -2.01. The first-order chi connectivity index (χ1) is 4.13. The molecular weight excluding hydrogens is 112 g/mol. The highest BCUT2D eigenvalue weighted by atomic mass is 14.7. The zero-order chi connectivity index (χ0) is 7.02.